The number of thiophene rings is 1. The highest BCUT2D eigenvalue weighted by molar-refractivity contribution is 7.18. The topological polar surface area (TPSA) is 44.3 Å². The summed E-state index contributed by atoms with van der Waals surface area (Å²) in [5.74, 6) is 3.59. The van der Waals surface area contributed by atoms with Gasteiger partial charge in [-0.15, -0.1) is 11.3 Å². The van der Waals surface area contributed by atoms with Crippen LogP contribution in [0.15, 0.2) is 0 Å². The minimum absolute atomic E-state index is 0.645. The maximum atomic E-state index is 5.03. The van der Waals surface area contributed by atoms with Gasteiger partial charge >= 0.3 is 0 Å². The smallest absolute Gasteiger partial charge is 0.146 e. The fourth-order valence-corrected chi connectivity index (χ4v) is 5.70. The van der Waals surface area contributed by atoms with Crippen LogP contribution < -0.4 is 5.32 Å². The van der Waals surface area contributed by atoms with Crippen LogP contribution in [-0.2, 0) is 6.54 Å². The molecule has 160 valence electrons. The van der Waals surface area contributed by atoms with Crippen LogP contribution in [0.3, 0.4) is 0 Å². The third kappa shape index (κ3) is 4.75. The normalized spacial score (nSPS) is 22.2. The Kier molecular flexibility index (Phi) is 6.42. The summed E-state index contributed by atoms with van der Waals surface area (Å²) in [5.41, 5.74) is 1.33. The molecule has 29 heavy (non-hydrogen) atoms. The van der Waals surface area contributed by atoms with Crippen LogP contribution >= 0.6 is 11.3 Å². The number of fused-ring (bicyclic) bond motifs is 1. The third-order valence-corrected chi connectivity index (χ3v) is 8.02. The Morgan fingerprint density at radius 2 is 1.86 bits per heavy atom. The van der Waals surface area contributed by atoms with E-state index in [1.807, 2.05) is 11.3 Å². The summed E-state index contributed by atoms with van der Waals surface area (Å²) in [5, 5.41) is 4.98. The number of aryl methyl sites for hydroxylation is 2. The number of nitrogens with zero attached hydrogens (tertiary/aromatic N) is 4. The van der Waals surface area contributed by atoms with E-state index in [0.29, 0.717) is 12.0 Å². The first-order valence-corrected chi connectivity index (χ1v) is 12.2. The van der Waals surface area contributed by atoms with E-state index in [4.69, 9.17) is 9.97 Å². The number of piperidine rings is 1. The number of hydrogen-bond donors (Lipinski definition) is 1. The molecular formula is C23H37N5S. The second-order valence-electron chi connectivity index (χ2n) is 9.53. The van der Waals surface area contributed by atoms with Crippen LogP contribution in [0.25, 0.3) is 10.2 Å². The first-order chi connectivity index (χ1) is 13.9. The van der Waals surface area contributed by atoms with E-state index in [1.54, 1.807) is 0 Å². The van der Waals surface area contributed by atoms with Crippen LogP contribution in [0, 0.1) is 25.7 Å². The van der Waals surface area contributed by atoms with Gasteiger partial charge in [-0.25, -0.2) is 9.97 Å². The van der Waals surface area contributed by atoms with Gasteiger partial charge in [0.15, 0.2) is 0 Å². The summed E-state index contributed by atoms with van der Waals surface area (Å²) < 4.78 is 0. The highest BCUT2D eigenvalue weighted by Crippen LogP contribution is 2.34. The van der Waals surface area contributed by atoms with Crippen molar-refractivity contribution in [3.63, 3.8) is 0 Å². The molecular weight excluding hydrogens is 378 g/mol. The fraction of sp³-hybridized carbons (Fsp3) is 0.739. The van der Waals surface area contributed by atoms with Gasteiger partial charge in [-0.1, -0.05) is 6.92 Å². The van der Waals surface area contributed by atoms with Gasteiger partial charge in [0.1, 0.15) is 16.5 Å². The molecule has 1 N–H and O–H groups in total. The molecule has 0 aliphatic carbocycles. The van der Waals surface area contributed by atoms with Crippen molar-refractivity contribution in [2.24, 2.45) is 11.8 Å². The molecule has 2 aliphatic rings. The highest BCUT2D eigenvalue weighted by Gasteiger charge is 2.25. The average Bonchev–Trinajstić information content (AvgIpc) is 3.27. The second kappa shape index (κ2) is 8.86. The monoisotopic (exact) mass is 415 g/mol. The molecule has 0 unspecified atom stereocenters. The molecule has 2 fully saturated rings. The van der Waals surface area contributed by atoms with Crippen molar-refractivity contribution in [3.05, 3.63) is 16.3 Å². The summed E-state index contributed by atoms with van der Waals surface area (Å²) >= 11 is 1.81. The zero-order valence-corrected chi connectivity index (χ0v) is 19.6. The Balaban J connectivity index is 1.51. The lowest BCUT2D eigenvalue weighted by Crippen LogP contribution is -2.33. The first kappa shape index (κ1) is 21.0. The molecule has 2 saturated heterocycles. The highest BCUT2D eigenvalue weighted by atomic mass is 32.1. The predicted octanol–water partition coefficient (Wildman–Crippen LogP) is 4.68. The van der Waals surface area contributed by atoms with Crippen molar-refractivity contribution in [3.8, 4) is 0 Å². The van der Waals surface area contributed by atoms with E-state index in [0.717, 1.165) is 35.5 Å². The molecule has 4 rings (SSSR count). The SMILES string of the molecule is Cc1sc2nc(CN3CCC(C)CC3)nc(NC[C@@H]3CCN(C(C)C)C3)c2c1C. The van der Waals surface area contributed by atoms with E-state index in [2.05, 4.69) is 49.7 Å². The molecule has 1 atom stereocenters. The van der Waals surface area contributed by atoms with Gasteiger partial charge in [0, 0.05) is 24.0 Å². The Morgan fingerprint density at radius 3 is 2.55 bits per heavy atom. The summed E-state index contributed by atoms with van der Waals surface area (Å²) in [6, 6.07) is 0.645. The number of nitrogens with one attached hydrogen (secondary N) is 1. The van der Waals surface area contributed by atoms with Crippen molar-refractivity contribution in [1.29, 1.82) is 0 Å². The predicted molar refractivity (Wildman–Crippen MR) is 124 cm³/mol. The quantitative estimate of drug-likeness (QED) is 0.742. The van der Waals surface area contributed by atoms with Gasteiger partial charge in [0.25, 0.3) is 0 Å². The Hall–Kier alpha value is -1.24. The lowest BCUT2D eigenvalue weighted by atomic mass is 9.99. The second-order valence-corrected chi connectivity index (χ2v) is 10.7. The number of rotatable bonds is 6. The Bertz CT molecular complexity index is 837. The number of aromatic nitrogens is 2. The van der Waals surface area contributed by atoms with Crippen molar-refractivity contribution < 1.29 is 0 Å². The van der Waals surface area contributed by atoms with Gasteiger partial charge in [-0.2, -0.15) is 0 Å². The average molecular weight is 416 g/mol. The minimum atomic E-state index is 0.645. The van der Waals surface area contributed by atoms with Crippen LogP contribution in [-0.4, -0.2) is 58.5 Å². The molecule has 0 amide bonds. The zero-order valence-electron chi connectivity index (χ0n) is 18.8. The molecule has 2 aliphatic heterocycles. The molecule has 2 aromatic heterocycles. The Morgan fingerprint density at radius 1 is 1.10 bits per heavy atom. The van der Waals surface area contributed by atoms with Crippen molar-refractivity contribution in [2.45, 2.75) is 66.5 Å². The minimum Gasteiger partial charge on any atom is -0.369 e. The molecule has 6 heteroatoms. The third-order valence-electron chi connectivity index (χ3n) is 6.92. The molecule has 4 heterocycles. The van der Waals surface area contributed by atoms with E-state index >= 15 is 0 Å². The molecule has 0 bridgehead atoms. The maximum Gasteiger partial charge on any atom is 0.146 e. The van der Waals surface area contributed by atoms with Crippen LogP contribution in [0.1, 0.15) is 56.3 Å². The van der Waals surface area contributed by atoms with Gasteiger partial charge in [0.05, 0.1) is 11.9 Å². The summed E-state index contributed by atoms with van der Waals surface area (Å²) in [6.45, 7) is 18.0. The lowest BCUT2D eigenvalue weighted by molar-refractivity contribution is 0.181. The van der Waals surface area contributed by atoms with Crippen LogP contribution in [0.2, 0.25) is 0 Å². The standard InChI is InChI=1S/C23H37N5S/c1-15(2)28-11-8-19(13-28)12-24-22-21-17(4)18(5)29-23(21)26-20(25-22)14-27-9-6-16(3)7-10-27/h15-16,19H,6-14H2,1-5H3,(H,24,25,26)/t19-/m0/s1. The summed E-state index contributed by atoms with van der Waals surface area (Å²) in [7, 11) is 0. The first-order valence-electron chi connectivity index (χ1n) is 11.4. The van der Waals surface area contributed by atoms with Gasteiger partial charge in [-0.05, 0) is 84.0 Å². The summed E-state index contributed by atoms with van der Waals surface area (Å²) in [4.78, 5) is 17.6. The van der Waals surface area contributed by atoms with Gasteiger partial charge in [0.2, 0.25) is 0 Å². The number of hydrogen-bond acceptors (Lipinski definition) is 6. The van der Waals surface area contributed by atoms with Crippen molar-refractivity contribution in [1.82, 2.24) is 19.8 Å². The lowest BCUT2D eigenvalue weighted by Gasteiger charge is -2.29. The molecule has 5 nitrogen and oxygen atoms in total. The van der Waals surface area contributed by atoms with Crippen LogP contribution in [0.5, 0.6) is 0 Å². The van der Waals surface area contributed by atoms with Crippen molar-refractivity contribution >= 4 is 27.4 Å². The fourth-order valence-electron chi connectivity index (χ4n) is 4.65. The van der Waals surface area contributed by atoms with E-state index < -0.39 is 0 Å². The van der Waals surface area contributed by atoms with Gasteiger partial charge < -0.3 is 10.2 Å². The van der Waals surface area contributed by atoms with E-state index in [-0.39, 0.29) is 0 Å². The van der Waals surface area contributed by atoms with Gasteiger partial charge in [-0.3, -0.25) is 4.90 Å². The van der Waals surface area contributed by atoms with E-state index in [9.17, 15) is 0 Å². The molecule has 0 spiro atoms. The molecule has 0 saturated carbocycles. The number of likely N-dealkylation sites (tertiary alicyclic amines) is 2. The van der Waals surface area contributed by atoms with Crippen molar-refractivity contribution in [2.75, 3.05) is 38.0 Å². The Labute approximate surface area is 179 Å². The molecule has 0 radical (unpaired) electrons. The van der Waals surface area contributed by atoms with Crippen LogP contribution in [0.4, 0.5) is 5.82 Å². The molecule has 0 aromatic carbocycles. The zero-order chi connectivity index (χ0) is 20.5. The summed E-state index contributed by atoms with van der Waals surface area (Å²) in [6.07, 6.45) is 3.86. The molecule has 2 aromatic rings. The maximum absolute atomic E-state index is 5.03. The number of anilines is 1. The largest absolute Gasteiger partial charge is 0.369 e. The van der Waals surface area contributed by atoms with E-state index in [1.165, 1.54) is 61.3 Å².